The lowest BCUT2D eigenvalue weighted by atomic mass is 10.0. The van der Waals surface area contributed by atoms with Gasteiger partial charge in [-0.1, -0.05) is 37.3 Å². The van der Waals surface area contributed by atoms with E-state index in [0.717, 1.165) is 25.1 Å². The van der Waals surface area contributed by atoms with E-state index in [9.17, 15) is 4.79 Å². The molecule has 4 nitrogen and oxygen atoms in total. The molecule has 1 saturated heterocycles. The number of ether oxygens (including phenoxy) is 1. The quantitative estimate of drug-likeness (QED) is 0.778. The summed E-state index contributed by atoms with van der Waals surface area (Å²) in [6.45, 7) is 4.36. The number of hydrogen-bond donors (Lipinski definition) is 2. The molecule has 1 aliphatic heterocycles. The summed E-state index contributed by atoms with van der Waals surface area (Å²) in [5.74, 6) is -0.254. The second-order valence-electron chi connectivity index (χ2n) is 4.67. The number of rotatable bonds is 4. The van der Waals surface area contributed by atoms with E-state index in [2.05, 4.69) is 10.6 Å². The number of esters is 1. The average Bonchev–Trinajstić information content (AvgIpc) is 2.41. The molecule has 18 heavy (non-hydrogen) atoms. The topological polar surface area (TPSA) is 50.4 Å². The number of piperazine rings is 1. The fourth-order valence-corrected chi connectivity index (χ4v) is 2.02. The van der Waals surface area contributed by atoms with E-state index in [1.165, 1.54) is 0 Å². The zero-order chi connectivity index (χ0) is 12.8. The highest BCUT2D eigenvalue weighted by Gasteiger charge is 2.21. The third-order valence-corrected chi connectivity index (χ3v) is 3.05. The molecule has 2 N–H and O–H groups in total. The van der Waals surface area contributed by atoms with Crippen LogP contribution in [0.2, 0.25) is 0 Å². The average molecular weight is 248 g/mol. The molecule has 0 spiro atoms. The monoisotopic (exact) mass is 248 g/mol. The number of benzene rings is 1. The fourth-order valence-electron chi connectivity index (χ4n) is 2.02. The van der Waals surface area contributed by atoms with Gasteiger partial charge < -0.3 is 10.1 Å². The molecule has 2 rings (SSSR count). The van der Waals surface area contributed by atoms with Crippen molar-refractivity contribution in [3.63, 3.8) is 0 Å². The Hall–Kier alpha value is -1.39. The van der Waals surface area contributed by atoms with Crippen LogP contribution in [0.4, 0.5) is 0 Å². The Labute approximate surface area is 108 Å². The lowest BCUT2D eigenvalue weighted by Crippen LogP contribution is -2.50. The van der Waals surface area contributed by atoms with Gasteiger partial charge in [-0.2, -0.15) is 0 Å². The summed E-state index contributed by atoms with van der Waals surface area (Å²) in [5.41, 5.74) is 1.16. The van der Waals surface area contributed by atoms with E-state index in [1.807, 2.05) is 37.3 Å². The largest absolute Gasteiger partial charge is 0.445 e. The molecule has 1 aliphatic rings. The van der Waals surface area contributed by atoms with Crippen molar-refractivity contribution in [1.82, 2.24) is 10.6 Å². The van der Waals surface area contributed by atoms with Gasteiger partial charge in [0.15, 0.2) is 6.23 Å². The summed E-state index contributed by atoms with van der Waals surface area (Å²) < 4.78 is 5.41. The molecule has 0 amide bonds. The number of carbonyl (C=O) groups excluding carboxylic acids is 1. The number of hydrogen-bond acceptors (Lipinski definition) is 4. The van der Waals surface area contributed by atoms with Crippen LogP contribution >= 0.6 is 0 Å². The van der Waals surface area contributed by atoms with E-state index in [0.29, 0.717) is 6.54 Å². The zero-order valence-corrected chi connectivity index (χ0v) is 10.7. The van der Waals surface area contributed by atoms with Crippen molar-refractivity contribution in [2.75, 3.05) is 19.6 Å². The van der Waals surface area contributed by atoms with Gasteiger partial charge in [-0.05, 0) is 12.0 Å². The van der Waals surface area contributed by atoms with Gasteiger partial charge in [-0.15, -0.1) is 0 Å². The molecular formula is C14H20N2O2. The van der Waals surface area contributed by atoms with Crippen molar-refractivity contribution in [2.45, 2.75) is 19.6 Å². The summed E-state index contributed by atoms with van der Waals surface area (Å²) >= 11 is 0. The Morgan fingerprint density at radius 2 is 2.17 bits per heavy atom. The lowest BCUT2D eigenvalue weighted by molar-refractivity contribution is -0.155. The van der Waals surface area contributed by atoms with E-state index in [-0.39, 0.29) is 18.1 Å². The molecule has 98 valence electrons. The maximum atomic E-state index is 11.9. The second kappa shape index (κ2) is 6.52. The molecule has 1 fully saturated rings. The molecule has 0 bridgehead atoms. The molecule has 2 unspecified atom stereocenters. The molecule has 4 heteroatoms. The van der Waals surface area contributed by atoms with Crippen LogP contribution in [0.25, 0.3) is 0 Å². The van der Waals surface area contributed by atoms with Crippen molar-refractivity contribution in [3.8, 4) is 0 Å². The van der Waals surface area contributed by atoms with Crippen molar-refractivity contribution in [1.29, 1.82) is 0 Å². The van der Waals surface area contributed by atoms with E-state index >= 15 is 0 Å². The fraction of sp³-hybridized carbons (Fsp3) is 0.500. The second-order valence-corrected chi connectivity index (χ2v) is 4.67. The first-order valence-corrected chi connectivity index (χ1v) is 6.44. The first-order valence-electron chi connectivity index (χ1n) is 6.44. The van der Waals surface area contributed by atoms with Gasteiger partial charge in [-0.25, -0.2) is 0 Å². The smallest absolute Gasteiger partial charge is 0.310 e. The van der Waals surface area contributed by atoms with Crippen LogP contribution in [0, 0.1) is 5.92 Å². The SMILES string of the molecule is CC(Cc1ccccc1)C(=O)OC1CNCCN1. The molecule has 0 radical (unpaired) electrons. The number of carbonyl (C=O) groups is 1. The first kappa shape index (κ1) is 13.1. The van der Waals surface area contributed by atoms with Crippen molar-refractivity contribution >= 4 is 5.97 Å². The summed E-state index contributed by atoms with van der Waals surface area (Å²) in [4.78, 5) is 11.9. The van der Waals surface area contributed by atoms with E-state index < -0.39 is 0 Å². The summed E-state index contributed by atoms with van der Waals surface area (Å²) in [6.07, 6.45) is 0.532. The van der Waals surface area contributed by atoms with Crippen molar-refractivity contribution < 1.29 is 9.53 Å². The van der Waals surface area contributed by atoms with Gasteiger partial charge >= 0.3 is 5.97 Å². The lowest BCUT2D eigenvalue weighted by Gasteiger charge is -2.25. The molecule has 1 heterocycles. The maximum Gasteiger partial charge on any atom is 0.310 e. The minimum atomic E-state index is -0.190. The Kier molecular flexibility index (Phi) is 4.73. The predicted molar refractivity (Wildman–Crippen MR) is 70.1 cm³/mol. The molecular weight excluding hydrogens is 228 g/mol. The Morgan fingerprint density at radius 1 is 1.39 bits per heavy atom. The first-order chi connectivity index (χ1) is 8.75. The van der Waals surface area contributed by atoms with Gasteiger partial charge in [0.25, 0.3) is 0 Å². The molecule has 1 aromatic rings. The Morgan fingerprint density at radius 3 is 2.83 bits per heavy atom. The Bertz CT molecular complexity index is 375. The normalized spacial score (nSPS) is 21.3. The van der Waals surface area contributed by atoms with Crippen molar-refractivity contribution in [2.24, 2.45) is 5.92 Å². The summed E-state index contributed by atoms with van der Waals surface area (Å²) in [5, 5.41) is 6.35. The predicted octanol–water partition coefficient (Wildman–Crippen LogP) is 0.927. The number of nitrogens with one attached hydrogen (secondary N) is 2. The molecule has 1 aromatic carbocycles. The van der Waals surface area contributed by atoms with E-state index in [1.54, 1.807) is 0 Å². The van der Waals surface area contributed by atoms with Crippen LogP contribution in [0.5, 0.6) is 0 Å². The van der Waals surface area contributed by atoms with E-state index in [4.69, 9.17) is 4.74 Å². The highest BCUT2D eigenvalue weighted by atomic mass is 16.6. The third-order valence-electron chi connectivity index (χ3n) is 3.05. The maximum absolute atomic E-state index is 11.9. The molecule has 2 atom stereocenters. The minimum absolute atomic E-state index is 0.115. The van der Waals surface area contributed by atoms with Crippen LogP contribution in [0.15, 0.2) is 30.3 Å². The highest BCUT2D eigenvalue weighted by Crippen LogP contribution is 2.10. The van der Waals surface area contributed by atoms with Crippen LogP contribution in [0.1, 0.15) is 12.5 Å². The molecule has 0 saturated carbocycles. The zero-order valence-electron chi connectivity index (χ0n) is 10.7. The Balaban J connectivity index is 1.81. The van der Waals surface area contributed by atoms with Crippen LogP contribution < -0.4 is 10.6 Å². The van der Waals surface area contributed by atoms with Gasteiger partial charge in [-0.3, -0.25) is 10.1 Å². The summed E-state index contributed by atoms with van der Waals surface area (Å²) in [7, 11) is 0. The third kappa shape index (κ3) is 3.82. The van der Waals surface area contributed by atoms with Crippen molar-refractivity contribution in [3.05, 3.63) is 35.9 Å². The highest BCUT2D eigenvalue weighted by molar-refractivity contribution is 5.72. The van der Waals surface area contributed by atoms with Gasteiger partial charge in [0, 0.05) is 19.6 Å². The van der Waals surface area contributed by atoms with Crippen LogP contribution in [-0.4, -0.2) is 31.8 Å². The van der Waals surface area contributed by atoms with Gasteiger partial charge in [0.1, 0.15) is 0 Å². The minimum Gasteiger partial charge on any atom is -0.445 e. The molecule has 0 aliphatic carbocycles. The van der Waals surface area contributed by atoms with Gasteiger partial charge in [0.05, 0.1) is 5.92 Å². The van der Waals surface area contributed by atoms with Crippen LogP contribution in [0.3, 0.4) is 0 Å². The molecule has 0 aromatic heterocycles. The van der Waals surface area contributed by atoms with Gasteiger partial charge in [0.2, 0.25) is 0 Å². The summed E-state index contributed by atoms with van der Waals surface area (Å²) in [6, 6.07) is 10.0. The standard InChI is InChI=1S/C14H20N2O2/c1-11(9-12-5-3-2-4-6-12)14(17)18-13-10-15-7-8-16-13/h2-6,11,13,15-16H,7-10H2,1H3. The van der Waals surface area contributed by atoms with Crippen LogP contribution in [-0.2, 0) is 16.0 Å².